The molecule has 3 aromatic rings. The van der Waals surface area contributed by atoms with Crippen LogP contribution in [-0.2, 0) is 0 Å². The summed E-state index contributed by atoms with van der Waals surface area (Å²) < 4.78 is 11.7. The standard InChI is InChI=1S/C21H19N3O5/c1-3-15(22-13-6-9-16-17(10-13)29-11-28-16)18-19(25)23-21(27)24(20(18)26)14-7-4-12(2)5-8-14/h4-10,26H,3,11H2,1-2H3,(H,23,25,27). The van der Waals surface area contributed by atoms with Crippen LogP contribution in [0.1, 0.15) is 24.5 Å². The van der Waals surface area contributed by atoms with E-state index >= 15 is 0 Å². The largest absolute Gasteiger partial charge is 0.493 e. The lowest BCUT2D eigenvalue weighted by atomic mass is 10.1. The van der Waals surface area contributed by atoms with Crippen LogP contribution in [0.15, 0.2) is 57.0 Å². The predicted octanol–water partition coefficient (Wildman–Crippen LogP) is 2.80. The van der Waals surface area contributed by atoms with E-state index in [-0.39, 0.29) is 12.4 Å². The molecule has 8 heteroatoms. The molecule has 148 valence electrons. The summed E-state index contributed by atoms with van der Waals surface area (Å²) in [7, 11) is 0. The molecule has 8 nitrogen and oxygen atoms in total. The molecule has 1 aromatic heterocycles. The van der Waals surface area contributed by atoms with Gasteiger partial charge in [0.05, 0.1) is 17.1 Å². The summed E-state index contributed by atoms with van der Waals surface area (Å²) in [5, 5.41) is 10.8. The van der Waals surface area contributed by atoms with E-state index in [4.69, 9.17) is 9.47 Å². The van der Waals surface area contributed by atoms with Crippen molar-refractivity contribution in [2.75, 3.05) is 6.79 Å². The molecule has 0 spiro atoms. The number of rotatable bonds is 4. The predicted molar refractivity (Wildman–Crippen MR) is 108 cm³/mol. The van der Waals surface area contributed by atoms with E-state index < -0.39 is 17.1 Å². The molecule has 4 rings (SSSR count). The average Bonchev–Trinajstić information content (AvgIpc) is 3.16. The highest BCUT2D eigenvalue weighted by atomic mass is 16.7. The molecular formula is C21H19N3O5. The van der Waals surface area contributed by atoms with Crippen LogP contribution in [0, 0.1) is 6.92 Å². The minimum Gasteiger partial charge on any atom is -0.493 e. The maximum absolute atomic E-state index is 12.5. The van der Waals surface area contributed by atoms with Crippen molar-refractivity contribution in [2.45, 2.75) is 20.3 Å². The lowest BCUT2D eigenvalue weighted by molar-refractivity contribution is 0.174. The number of aromatic hydroxyl groups is 1. The molecule has 0 saturated heterocycles. The summed E-state index contributed by atoms with van der Waals surface area (Å²) in [5.74, 6) is 0.726. The number of nitrogens with zero attached hydrogens (tertiary/aromatic N) is 2. The number of aromatic amines is 1. The van der Waals surface area contributed by atoms with E-state index in [1.165, 1.54) is 0 Å². The summed E-state index contributed by atoms with van der Waals surface area (Å²) in [5.41, 5.74) is 0.848. The number of fused-ring (bicyclic) bond motifs is 1. The normalized spacial score (nSPS) is 13.0. The van der Waals surface area contributed by atoms with Gasteiger partial charge in [-0.25, -0.2) is 9.36 Å². The van der Waals surface area contributed by atoms with Gasteiger partial charge in [-0.15, -0.1) is 0 Å². The van der Waals surface area contributed by atoms with Crippen molar-refractivity contribution in [1.82, 2.24) is 9.55 Å². The fourth-order valence-corrected chi connectivity index (χ4v) is 3.14. The molecule has 0 saturated carbocycles. The quantitative estimate of drug-likeness (QED) is 0.663. The second-order valence-corrected chi connectivity index (χ2v) is 6.58. The van der Waals surface area contributed by atoms with Crippen LogP contribution in [0.25, 0.3) is 5.69 Å². The minimum atomic E-state index is -0.723. The number of aromatic nitrogens is 2. The van der Waals surface area contributed by atoms with Crippen LogP contribution >= 0.6 is 0 Å². The van der Waals surface area contributed by atoms with E-state index in [2.05, 4.69) is 9.98 Å². The van der Waals surface area contributed by atoms with Crippen molar-refractivity contribution in [1.29, 1.82) is 0 Å². The highest BCUT2D eigenvalue weighted by Gasteiger charge is 2.20. The maximum atomic E-state index is 12.5. The van der Waals surface area contributed by atoms with Gasteiger partial charge < -0.3 is 14.6 Å². The van der Waals surface area contributed by atoms with Crippen molar-refractivity contribution < 1.29 is 14.6 Å². The lowest BCUT2D eigenvalue weighted by Gasteiger charge is -2.12. The van der Waals surface area contributed by atoms with Crippen LogP contribution in [0.4, 0.5) is 5.69 Å². The monoisotopic (exact) mass is 393 g/mol. The van der Waals surface area contributed by atoms with Gasteiger partial charge in [0.15, 0.2) is 11.5 Å². The van der Waals surface area contributed by atoms with Crippen LogP contribution in [0.2, 0.25) is 0 Å². The Balaban J connectivity index is 1.86. The number of hydrogen-bond donors (Lipinski definition) is 2. The van der Waals surface area contributed by atoms with E-state index in [1.54, 1.807) is 30.3 Å². The van der Waals surface area contributed by atoms with Gasteiger partial charge in [-0.05, 0) is 37.6 Å². The Morgan fingerprint density at radius 2 is 1.86 bits per heavy atom. The van der Waals surface area contributed by atoms with Crippen LogP contribution in [0.3, 0.4) is 0 Å². The fourth-order valence-electron chi connectivity index (χ4n) is 3.14. The molecule has 1 aliphatic heterocycles. The van der Waals surface area contributed by atoms with Crippen LogP contribution in [0.5, 0.6) is 17.4 Å². The Hall–Kier alpha value is -3.81. The third-order valence-corrected chi connectivity index (χ3v) is 4.62. The third kappa shape index (κ3) is 3.40. The number of nitrogens with one attached hydrogen (secondary N) is 1. The molecule has 0 fully saturated rings. The smallest absolute Gasteiger partial charge is 0.335 e. The van der Waals surface area contributed by atoms with Gasteiger partial charge in [-0.2, -0.15) is 0 Å². The van der Waals surface area contributed by atoms with E-state index in [1.807, 2.05) is 26.0 Å². The van der Waals surface area contributed by atoms with Crippen molar-refractivity contribution in [2.24, 2.45) is 4.99 Å². The summed E-state index contributed by atoms with van der Waals surface area (Å²) >= 11 is 0. The Morgan fingerprint density at radius 1 is 1.14 bits per heavy atom. The average molecular weight is 393 g/mol. The Kier molecular flexibility index (Phi) is 4.67. The van der Waals surface area contributed by atoms with Crippen LogP contribution in [-0.4, -0.2) is 27.2 Å². The maximum Gasteiger partial charge on any atom is 0.335 e. The zero-order chi connectivity index (χ0) is 20.5. The molecule has 0 atom stereocenters. The molecule has 1 aliphatic rings. The van der Waals surface area contributed by atoms with Crippen molar-refractivity contribution in [3.8, 4) is 23.1 Å². The summed E-state index contributed by atoms with van der Waals surface area (Å²) in [6.07, 6.45) is 0.358. The summed E-state index contributed by atoms with van der Waals surface area (Å²) in [4.78, 5) is 31.7. The Bertz CT molecular complexity index is 1220. The number of benzene rings is 2. The van der Waals surface area contributed by atoms with Gasteiger partial charge in [-0.3, -0.25) is 14.8 Å². The molecule has 0 aliphatic carbocycles. The van der Waals surface area contributed by atoms with Gasteiger partial charge in [0.25, 0.3) is 5.56 Å². The lowest BCUT2D eigenvalue weighted by Crippen LogP contribution is -2.33. The number of aliphatic imine (C=N–C) groups is 1. The highest BCUT2D eigenvalue weighted by Crippen LogP contribution is 2.35. The molecule has 0 amide bonds. The van der Waals surface area contributed by atoms with Crippen LogP contribution < -0.4 is 20.7 Å². The first-order valence-electron chi connectivity index (χ1n) is 9.11. The number of aryl methyl sites for hydroxylation is 1. The Labute approximate surface area is 165 Å². The van der Waals surface area contributed by atoms with Gasteiger partial charge in [0.2, 0.25) is 12.7 Å². The highest BCUT2D eigenvalue weighted by molar-refractivity contribution is 6.03. The van der Waals surface area contributed by atoms with Gasteiger partial charge in [0.1, 0.15) is 5.56 Å². The van der Waals surface area contributed by atoms with E-state index in [0.717, 1.165) is 10.1 Å². The molecule has 0 unspecified atom stereocenters. The number of hydrogen-bond acceptors (Lipinski definition) is 6. The summed E-state index contributed by atoms with van der Waals surface area (Å²) in [6, 6.07) is 12.2. The number of H-pyrrole nitrogens is 1. The first-order valence-corrected chi connectivity index (χ1v) is 9.11. The SMILES string of the molecule is CCC(=Nc1ccc2c(c1)OCO2)c1c(O)n(-c2ccc(C)cc2)c(=O)[nH]c1=O. The molecule has 0 bridgehead atoms. The third-order valence-electron chi connectivity index (χ3n) is 4.62. The van der Waals surface area contributed by atoms with Gasteiger partial charge in [-0.1, -0.05) is 24.6 Å². The first-order chi connectivity index (χ1) is 14.0. The Morgan fingerprint density at radius 3 is 2.59 bits per heavy atom. The second kappa shape index (κ2) is 7.31. The summed E-state index contributed by atoms with van der Waals surface area (Å²) in [6.45, 7) is 3.87. The molecule has 2 aromatic carbocycles. The van der Waals surface area contributed by atoms with Gasteiger partial charge >= 0.3 is 5.69 Å². The molecule has 2 heterocycles. The second-order valence-electron chi connectivity index (χ2n) is 6.58. The van der Waals surface area contributed by atoms with Gasteiger partial charge in [0, 0.05) is 6.07 Å². The molecule has 0 radical (unpaired) electrons. The molecular weight excluding hydrogens is 374 g/mol. The molecule has 2 N–H and O–H groups in total. The first kappa shape index (κ1) is 18.5. The van der Waals surface area contributed by atoms with Crippen molar-refractivity contribution in [3.05, 3.63) is 74.4 Å². The van der Waals surface area contributed by atoms with E-state index in [0.29, 0.717) is 35.0 Å². The zero-order valence-corrected chi connectivity index (χ0v) is 15.9. The van der Waals surface area contributed by atoms with Crippen molar-refractivity contribution in [3.63, 3.8) is 0 Å². The van der Waals surface area contributed by atoms with Crippen molar-refractivity contribution >= 4 is 11.4 Å². The topological polar surface area (TPSA) is 106 Å². The fraction of sp³-hybridized carbons (Fsp3) is 0.190. The minimum absolute atomic E-state index is 0.0506. The zero-order valence-electron chi connectivity index (χ0n) is 15.9. The van der Waals surface area contributed by atoms with E-state index in [9.17, 15) is 14.7 Å². The number of ether oxygens (including phenoxy) is 2. The molecule has 29 heavy (non-hydrogen) atoms.